The maximum absolute atomic E-state index is 5.23. The van der Waals surface area contributed by atoms with Crippen molar-refractivity contribution in [2.24, 2.45) is 0 Å². The van der Waals surface area contributed by atoms with Gasteiger partial charge in [0.25, 0.3) is 0 Å². The normalized spacial score (nSPS) is 9.57. The Morgan fingerprint density at radius 3 is 2.07 bits per heavy atom. The van der Waals surface area contributed by atoms with Crippen LogP contribution in [0.2, 0.25) is 19.6 Å². The van der Waals surface area contributed by atoms with Gasteiger partial charge in [0.15, 0.2) is 0 Å². The average molecular weight is 208 g/mol. The summed E-state index contributed by atoms with van der Waals surface area (Å²) in [5.41, 5.74) is 13.1. The third-order valence-electron chi connectivity index (χ3n) is 1.13. The quantitative estimate of drug-likeness (QED) is 0.495. The van der Waals surface area contributed by atoms with Crippen molar-refractivity contribution < 1.29 is 0 Å². The summed E-state index contributed by atoms with van der Waals surface area (Å²) in [4.78, 5) is 7.24. The smallest absolute Gasteiger partial charge is 0.221 e. The van der Waals surface area contributed by atoms with Gasteiger partial charge in [-0.3, -0.25) is 0 Å². The SMILES string of the molecule is C#C[Si](C)(C)C.Nc1ccnc(N)n1. The summed E-state index contributed by atoms with van der Waals surface area (Å²) >= 11 is 0. The van der Waals surface area contributed by atoms with Crippen LogP contribution in [-0.4, -0.2) is 18.0 Å². The Morgan fingerprint density at radius 1 is 1.36 bits per heavy atom. The van der Waals surface area contributed by atoms with Crippen LogP contribution in [0, 0.1) is 12.0 Å². The molecular formula is C9H16N4Si. The van der Waals surface area contributed by atoms with Crippen LogP contribution in [-0.2, 0) is 0 Å². The van der Waals surface area contributed by atoms with E-state index >= 15 is 0 Å². The molecule has 76 valence electrons. The Kier molecular flexibility index (Phi) is 4.67. The molecule has 0 atom stereocenters. The van der Waals surface area contributed by atoms with E-state index in [9.17, 15) is 0 Å². The fraction of sp³-hybridized carbons (Fsp3) is 0.333. The molecule has 1 rings (SSSR count). The zero-order valence-corrected chi connectivity index (χ0v) is 9.78. The minimum absolute atomic E-state index is 0.213. The van der Waals surface area contributed by atoms with E-state index in [0.717, 1.165) is 0 Å². The molecule has 0 fully saturated rings. The van der Waals surface area contributed by atoms with Gasteiger partial charge in [-0.2, -0.15) is 4.98 Å². The van der Waals surface area contributed by atoms with Crippen LogP contribution in [0.25, 0.3) is 0 Å². The van der Waals surface area contributed by atoms with E-state index in [1.807, 2.05) is 0 Å². The number of anilines is 2. The Hall–Kier alpha value is -1.54. The lowest BCUT2D eigenvalue weighted by molar-refractivity contribution is 1.19. The lowest BCUT2D eigenvalue weighted by atomic mass is 10.6. The van der Waals surface area contributed by atoms with Gasteiger partial charge in [0.2, 0.25) is 5.95 Å². The maximum atomic E-state index is 5.23. The van der Waals surface area contributed by atoms with E-state index in [4.69, 9.17) is 17.9 Å². The van der Waals surface area contributed by atoms with Crippen molar-refractivity contribution in [3.8, 4) is 12.0 Å². The summed E-state index contributed by atoms with van der Waals surface area (Å²) in [6, 6.07) is 1.58. The molecule has 1 aromatic rings. The highest BCUT2D eigenvalue weighted by Gasteiger charge is 2.05. The van der Waals surface area contributed by atoms with Crippen LogP contribution in [0.4, 0.5) is 11.8 Å². The van der Waals surface area contributed by atoms with Gasteiger partial charge < -0.3 is 11.5 Å². The molecule has 0 aliphatic rings. The van der Waals surface area contributed by atoms with Crippen molar-refractivity contribution in [3.05, 3.63) is 12.3 Å². The minimum atomic E-state index is -1.10. The maximum Gasteiger partial charge on any atom is 0.221 e. The van der Waals surface area contributed by atoms with Crippen LogP contribution in [0.1, 0.15) is 0 Å². The molecule has 0 aliphatic heterocycles. The largest absolute Gasteiger partial charge is 0.384 e. The van der Waals surface area contributed by atoms with Crippen LogP contribution in [0.3, 0.4) is 0 Å². The van der Waals surface area contributed by atoms with Gasteiger partial charge in [0, 0.05) is 6.20 Å². The van der Waals surface area contributed by atoms with E-state index in [1.54, 1.807) is 6.07 Å². The fourth-order valence-corrected chi connectivity index (χ4v) is 0.388. The Bertz CT molecular complexity index is 307. The van der Waals surface area contributed by atoms with Gasteiger partial charge in [-0.15, -0.1) is 12.0 Å². The first-order chi connectivity index (χ1) is 6.35. The molecule has 1 heterocycles. The molecule has 14 heavy (non-hydrogen) atoms. The molecule has 4 N–H and O–H groups in total. The zero-order chi connectivity index (χ0) is 11.2. The van der Waals surface area contributed by atoms with Gasteiger partial charge in [-0.25, -0.2) is 4.98 Å². The van der Waals surface area contributed by atoms with Crippen molar-refractivity contribution >= 4 is 19.8 Å². The number of nitrogens with zero attached hydrogens (tertiary/aromatic N) is 2. The molecule has 0 aliphatic carbocycles. The predicted molar refractivity (Wildman–Crippen MR) is 63.0 cm³/mol. The van der Waals surface area contributed by atoms with Crippen LogP contribution in [0.15, 0.2) is 12.3 Å². The van der Waals surface area contributed by atoms with Gasteiger partial charge >= 0.3 is 0 Å². The van der Waals surface area contributed by atoms with Gasteiger partial charge in [-0.1, -0.05) is 19.6 Å². The molecule has 0 amide bonds. The average Bonchev–Trinajstić information content (AvgIpc) is 2.03. The zero-order valence-electron chi connectivity index (χ0n) is 8.78. The van der Waals surface area contributed by atoms with Crippen molar-refractivity contribution in [3.63, 3.8) is 0 Å². The first-order valence-corrected chi connectivity index (χ1v) is 7.67. The first-order valence-electron chi connectivity index (χ1n) is 4.17. The Morgan fingerprint density at radius 2 is 1.86 bits per heavy atom. The molecule has 1 aromatic heterocycles. The van der Waals surface area contributed by atoms with Crippen LogP contribution >= 0.6 is 0 Å². The number of nitrogen functional groups attached to an aromatic ring is 2. The molecular weight excluding hydrogens is 192 g/mol. The van der Waals surface area contributed by atoms with E-state index in [-0.39, 0.29) is 5.95 Å². The second-order valence-electron chi connectivity index (χ2n) is 3.73. The number of nitrogens with two attached hydrogens (primary N) is 2. The summed E-state index contributed by atoms with van der Waals surface area (Å²) in [5.74, 6) is 0.613. The highest BCUT2D eigenvalue weighted by molar-refractivity contribution is 6.83. The fourth-order valence-electron chi connectivity index (χ4n) is 0.388. The van der Waals surface area contributed by atoms with Crippen molar-refractivity contribution in [1.29, 1.82) is 0 Å². The van der Waals surface area contributed by atoms with Gasteiger partial charge in [-0.05, 0) is 6.07 Å². The molecule has 0 aromatic carbocycles. The summed E-state index contributed by atoms with van der Waals surface area (Å²) in [7, 11) is -1.10. The summed E-state index contributed by atoms with van der Waals surface area (Å²) < 4.78 is 0. The summed E-state index contributed by atoms with van der Waals surface area (Å²) in [6.07, 6.45) is 6.63. The van der Waals surface area contributed by atoms with Crippen LogP contribution < -0.4 is 11.5 Å². The second kappa shape index (κ2) is 5.24. The lowest BCUT2D eigenvalue weighted by Crippen LogP contribution is -2.15. The Balaban J connectivity index is 0.000000255. The molecule has 4 nitrogen and oxygen atoms in total. The van der Waals surface area contributed by atoms with Crippen LogP contribution in [0.5, 0.6) is 0 Å². The van der Waals surface area contributed by atoms with E-state index < -0.39 is 8.07 Å². The van der Waals surface area contributed by atoms with E-state index in [1.165, 1.54) is 6.20 Å². The molecule has 0 saturated carbocycles. The standard InChI is InChI=1S/C5H10Si.C4H6N4/c1-5-6(2,3)4;5-3-1-2-7-4(6)8-3/h1H,2-4H3;1-2H,(H4,5,6,7,8). The minimum Gasteiger partial charge on any atom is -0.384 e. The molecule has 0 unspecified atom stereocenters. The molecule has 0 bridgehead atoms. The topological polar surface area (TPSA) is 77.8 Å². The van der Waals surface area contributed by atoms with Crippen molar-refractivity contribution in [2.45, 2.75) is 19.6 Å². The van der Waals surface area contributed by atoms with E-state index in [2.05, 4.69) is 35.2 Å². The highest BCUT2D eigenvalue weighted by Crippen LogP contribution is 1.94. The number of hydrogen-bond donors (Lipinski definition) is 2. The lowest BCUT2D eigenvalue weighted by Gasteiger charge is -2.00. The second-order valence-corrected chi connectivity index (χ2v) is 8.52. The predicted octanol–water partition coefficient (Wildman–Crippen LogP) is 1.14. The molecule has 0 saturated heterocycles. The Labute approximate surface area is 85.8 Å². The number of aromatic nitrogens is 2. The van der Waals surface area contributed by atoms with Gasteiger partial charge in [0.05, 0.1) is 0 Å². The third kappa shape index (κ3) is 7.12. The van der Waals surface area contributed by atoms with E-state index in [0.29, 0.717) is 5.82 Å². The summed E-state index contributed by atoms with van der Waals surface area (Å²) in [5, 5.41) is 0. The third-order valence-corrected chi connectivity index (χ3v) is 1.99. The molecule has 5 heteroatoms. The molecule has 0 spiro atoms. The highest BCUT2D eigenvalue weighted by atomic mass is 28.3. The summed E-state index contributed by atoms with van der Waals surface area (Å²) in [6.45, 7) is 6.44. The number of hydrogen-bond acceptors (Lipinski definition) is 4. The monoisotopic (exact) mass is 208 g/mol. The molecule has 0 radical (unpaired) electrons. The first kappa shape index (κ1) is 12.5. The van der Waals surface area contributed by atoms with Gasteiger partial charge in [0.1, 0.15) is 13.9 Å². The number of terminal acetylenes is 1. The van der Waals surface area contributed by atoms with Crippen molar-refractivity contribution in [2.75, 3.05) is 11.5 Å². The number of rotatable bonds is 0. The van der Waals surface area contributed by atoms with Crippen molar-refractivity contribution in [1.82, 2.24) is 9.97 Å².